The molecule has 0 spiro atoms. The molecule has 138 valence electrons. The van der Waals surface area contributed by atoms with E-state index in [0.29, 0.717) is 5.56 Å². The van der Waals surface area contributed by atoms with Crippen molar-refractivity contribution in [3.05, 3.63) is 90.1 Å². The molecule has 0 aliphatic carbocycles. The van der Waals surface area contributed by atoms with E-state index in [2.05, 4.69) is 79.3 Å². The zero-order chi connectivity index (χ0) is 20.0. The SMILES string of the molecule is Cc1ccc2c(oc3ccc(C#N)cc32)c1-c1cc(-c2ccccc2)cc[n+]1C. The maximum Gasteiger partial charge on any atom is 0.216 e. The molecule has 0 amide bonds. The molecule has 29 heavy (non-hydrogen) atoms. The van der Waals surface area contributed by atoms with Gasteiger partial charge in [-0.05, 0) is 41.8 Å². The van der Waals surface area contributed by atoms with Gasteiger partial charge in [0, 0.05) is 22.9 Å². The van der Waals surface area contributed by atoms with E-state index in [4.69, 9.17) is 4.42 Å². The summed E-state index contributed by atoms with van der Waals surface area (Å²) in [5, 5.41) is 11.3. The number of nitriles is 1. The van der Waals surface area contributed by atoms with Crippen molar-refractivity contribution in [1.82, 2.24) is 0 Å². The summed E-state index contributed by atoms with van der Waals surface area (Å²) in [7, 11) is 2.05. The minimum atomic E-state index is 0.638. The minimum absolute atomic E-state index is 0.638. The van der Waals surface area contributed by atoms with Gasteiger partial charge in [-0.2, -0.15) is 5.26 Å². The summed E-state index contributed by atoms with van der Waals surface area (Å²) in [5.74, 6) is 0. The van der Waals surface area contributed by atoms with E-state index >= 15 is 0 Å². The third kappa shape index (κ3) is 2.78. The van der Waals surface area contributed by atoms with Crippen molar-refractivity contribution in [3.8, 4) is 28.5 Å². The van der Waals surface area contributed by atoms with Gasteiger partial charge in [-0.3, -0.25) is 0 Å². The molecular weight excluding hydrogens is 356 g/mol. The summed E-state index contributed by atoms with van der Waals surface area (Å²) in [6.07, 6.45) is 2.09. The van der Waals surface area contributed by atoms with Crippen LogP contribution in [0.2, 0.25) is 0 Å². The van der Waals surface area contributed by atoms with Gasteiger partial charge < -0.3 is 4.42 Å². The van der Waals surface area contributed by atoms with Crippen LogP contribution in [0.5, 0.6) is 0 Å². The first-order valence-corrected chi connectivity index (χ1v) is 9.57. The Morgan fingerprint density at radius 2 is 1.69 bits per heavy atom. The van der Waals surface area contributed by atoms with E-state index in [-0.39, 0.29) is 0 Å². The standard InChI is InChI=1S/C26H19N2O/c1-17-8-10-21-22-14-18(16-27)9-11-24(22)29-26(21)25(17)23-15-20(12-13-28(23)2)19-6-4-3-5-7-19/h3-15H,1-2H3/q+1. The molecule has 0 N–H and O–H groups in total. The predicted molar refractivity (Wildman–Crippen MR) is 115 cm³/mol. The van der Waals surface area contributed by atoms with Crippen LogP contribution in [-0.2, 0) is 7.05 Å². The number of pyridine rings is 1. The van der Waals surface area contributed by atoms with Gasteiger partial charge in [0.15, 0.2) is 6.20 Å². The van der Waals surface area contributed by atoms with Crippen LogP contribution in [0.4, 0.5) is 0 Å². The van der Waals surface area contributed by atoms with Crippen LogP contribution in [0.25, 0.3) is 44.3 Å². The molecule has 0 saturated carbocycles. The van der Waals surface area contributed by atoms with Gasteiger partial charge in [0.2, 0.25) is 5.69 Å². The van der Waals surface area contributed by atoms with E-state index < -0.39 is 0 Å². The van der Waals surface area contributed by atoms with E-state index in [1.807, 2.05) is 18.2 Å². The van der Waals surface area contributed by atoms with Crippen molar-refractivity contribution in [2.75, 3.05) is 0 Å². The quantitative estimate of drug-likeness (QED) is 0.359. The number of aryl methyl sites for hydroxylation is 2. The Labute approximate surface area is 169 Å². The first kappa shape index (κ1) is 17.2. The summed E-state index contributed by atoms with van der Waals surface area (Å²) in [6, 6.07) is 26.7. The summed E-state index contributed by atoms with van der Waals surface area (Å²) in [4.78, 5) is 0. The number of fused-ring (bicyclic) bond motifs is 3. The van der Waals surface area contributed by atoms with Crippen LogP contribution in [0.3, 0.4) is 0 Å². The van der Waals surface area contributed by atoms with Gasteiger partial charge in [-0.15, -0.1) is 0 Å². The summed E-state index contributed by atoms with van der Waals surface area (Å²) in [5.41, 5.74) is 7.97. The molecule has 2 aromatic heterocycles. The number of hydrogen-bond donors (Lipinski definition) is 0. The Bertz CT molecular complexity index is 1420. The molecule has 0 aliphatic rings. The third-order valence-electron chi connectivity index (χ3n) is 5.49. The molecule has 0 aliphatic heterocycles. The van der Waals surface area contributed by atoms with Crippen molar-refractivity contribution in [2.24, 2.45) is 7.05 Å². The Hall–Kier alpha value is -3.90. The Morgan fingerprint density at radius 1 is 0.862 bits per heavy atom. The average Bonchev–Trinajstić information content (AvgIpc) is 3.12. The fourth-order valence-electron chi connectivity index (χ4n) is 3.95. The van der Waals surface area contributed by atoms with Crippen LogP contribution in [0.1, 0.15) is 11.1 Å². The molecule has 0 radical (unpaired) electrons. The highest BCUT2D eigenvalue weighted by atomic mass is 16.3. The highest BCUT2D eigenvalue weighted by Gasteiger charge is 2.21. The molecule has 3 heteroatoms. The normalized spacial score (nSPS) is 11.1. The lowest BCUT2D eigenvalue weighted by Gasteiger charge is -2.08. The smallest absolute Gasteiger partial charge is 0.216 e. The number of aromatic nitrogens is 1. The van der Waals surface area contributed by atoms with Gasteiger partial charge in [-0.25, -0.2) is 4.57 Å². The summed E-state index contributed by atoms with van der Waals surface area (Å²) < 4.78 is 8.42. The molecular formula is C26H19N2O+. The molecule has 0 atom stereocenters. The molecule has 5 rings (SSSR count). The zero-order valence-electron chi connectivity index (χ0n) is 16.3. The minimum Gasteiger partial charge on any atom is -0.455 e. The zero-order valence-corrected chi connectivity index (χ0v) is 16.3. The van der Waals surface area contributed by atoms with E-state index in [1.165, 1.54) is 5.56 Å². The van der Waals surface area contributed by atoms with Crippen LogP contribution < -0.4 is 4.57 Å². The van der Waals surface area contributed by atoms with Gasteiger partial charge in [0.25, 0.3) is 0 Å². The lowest BCUT2D eigenvalue weighted by atomic mass is 9.98. The topological polar surface area (TPSA) is 40.8 Å². The molecule has 3 aromatic carbocycles. The van der Waals surface area contributed by atoms with Crippen molar-refractivity contribution >= 4 is 21.9 Å². The number of hydrogen-bond acceptors (Lipinski definition) is 2. The van der Waals surface area contributed by atoms with Crippen molar-refractivity contribution < 1.29 is 8.98 Å². The number of nitrogens with zero attached hydrogens (tertiary/aromatic N) is 2. The van der Waals surface area contributed by atoms with E-state index in [9.17, 15) is 5.26 Å². The summed E-state index contributed by atoms with van der Waals surface area (Å²) >= 11 is 0. The fourth-order valence-corrected chi connectivity index (χ4v) is 3.95. The van der Waals surface area contributed by atoms with Crippen LogP contribution in [0, 0.1) is 18.3 Å². The van der Waals surface area contributed by atoms with Crippen molar-refractivity contribution in [2.45, 2.75) is 6.92 Å². The molecule has 2 heterocycles. The summed E-state index contributed by atoms with van der Waals surface area (Å²) in [6.45, 7) is 2.11. The molecule has 0 fully saturated rings. The second-order valence-corrected chi connectivity index (χ2v) is 7.34. The van der Waals surface area contributed by atoms with Gasteiger partial charge >= 0.3 is 0 Å². The molecule has 3 nitrogen and oxygen atoms in total. The van der Waals surface area contributed by atoms with Crippen LogP contribution in [-0.4, -0.2) is 0 Å². The first-order valence-electron chi connectivity index (χ1n) is 9.57. The lowest BCUT2D eigenvalue weighted by molar-refractivity contribution is -0.660. The largest absolute Gasteiger partial charge is 0.455 e. The van der Waals surface area contributed by atoms with E-state index in [0.717, 1.165) is 44.3 Å². The Balaban J connectivity index is 1.81. The predicted octanol–water partition coefficient (Wildman–Crippen LogP) is 5.92. The van der Waals surface area contributed by atoms with Gasteiger partial charge in [-0.1, -0.05) is 42.5 Å². The lowest BCUT2D eigenvalue weighted by Crippen LogP contribution is -2.30. The number of furan rings is 1. The third-order valence-corrected chi connectivity index (χ3v) is 5.49. The highest BCUT2D eigenvalue weighted by Crippen LogP contribution is 2.37. The van der Waals surface area contributed by atoms with Gasteiger partial charge in [0.05, 0.1) is 17.2 Å². The molecule has 5 aromatic rings. The molecule has 0 saturated heterocycles. The molecule has 0 bridgehead atoms. The highest BCUT2D eigenvalue weighted by molar-refractivity contribution is 6.10. The van der Waals surface area contributed by atoms with Crippen LogP contribution in [0.15, 0.2) is 83.4 Å². The van der Waals surface area contributed by atoms with Crippen molar-refractivity contribution in [3.63, 3.8) is 0 Å². The Morgan fingerprint density at radius 3 is 2.48 bits per heavy atom. The monoisotopic (exact) mass is 375 g/mol. The number of benzene rings is 3. The fraction of sp³-hybridized carbons (Fsp3) is 0.0769. The van der Waals surface area contributed by atoms with Crippen LogP contribution >= 0.6 is 0 Å². The number of rotatable bonds is 2. The first-order chi connectivity index (χ1) is 14.2. The second kappa shape index (κ2) is 6.61. The second-order valence-electron chi connectivity index (χ2n) is 7.34. The Kier molecular flexibility index (Phi) is 3.93. The maximum absolute atomic E-state index is 9.27. The maximum atomic E-state index is 9.27. The average molecular weight is 375 g/mol. The molecule has 0 unspecified atom stereocenters. The van der Waals surface area contributed by atoms with Gasteiger partial charge in [0.1, 0.15) is 18.2 Å². The van der Waals surface area contributed by atoms with Crippen molar-refractivity contribution in [1.29, 1.82) is 5.26 Å². The van der Waals surface area contributed by atoms with E-state index in [1.54, 1.807) is 6.07 Å².